The molecule has 0 unspecified atom stereocenters. The Hall–Kier alpha value is -1.89. The molecule has 0 aliphatic heterocycles. The monoisotopic (exact) mass is 282 g/mol. The molecular weight excluding hydrogens is 268 g/mol. The first-order valence-corrected chi connectivity index (χ1v) is 7.55. The highest BCUT2D eigenvalue weighted by molar-refractivity contribution is 7.91. The van der Waals surface area contributed by atoms with Gasteiger partial charge >= 0.3 is 5.69 Å². The normalized spacial score (nSPS) is 11.9. The maximum atomic E-state index is 12.0. The van der Waals surface area contributed by atoms with Gasteiger partial charge in [0.1, 0.15) is 0 Å². The molecule has 0 saturated carbocycles. The molecule has 0 aliphatic carbocycles. The number of H-pyrrole nitrogens is 1. The van der Waals surface area contributed by atoms with Crippen LogP contribution in [0.25, 0.3) is 10.9 Å². The summed E-state index contributed by atoms with van der Waals surface area (Å²) in [7, 11) is -3.36. The average Bonchev–Trinajstić information content (AvgIpc) is 2.38. The van der Waals surface area contributed by atoms with Crippen LogP contribution in [0.3, 0.4) is 0 Å². The van der Waals surface area contributed by atoms with Gasteiger partial charge in [0.05, 0.1) is 21.6 Å². The smallest absolute Gasteiger partial charge is 0.307 e. The lowest BCUT2D eigenvalue weighted by Crippen LogP contribution is -2.34. The molecule has 19 heavy (non-hydrogen) atoms. The van der Waals surface area contributed by atoms with Crippen LogP contribution in [0.2, 0.25) is 0 Å². The van der Waals surface area contributed by atoms with Gasteiger partial charge in [-0.3, -0.25) is 9.36 Å². The fraction of sp³-hybridized carbons (Fsp3) is 0.333. The number of hydrogen-bond acceptors (Lipinski definition) is 4. The Bertz CT molecular complexity index is 846. The minimum atomic E-state index is -3.36. The van der Waals surface area contributed by atoms with E-state index in [0.717, 1.165) is 4.57 Å². The Kier molecular flexibility index (Phi) is 3.32. The molecule has 102 valence electrons. The van der Waals surface area contributed by atoms with E-state index in [1.807, 2.05) is 0 Å². The standard InChI is InChI=1S/C12H14N2O4S/c1-3-14-11(15)9-6-5-8(19(17,18)4-2)7-10(9)13-12(14)16/h5-7H,3-4H2,1-2H3,(H,13,16). The molecule has 0 saturated heterocycles. The van der Waals surface area contributed by atoms with Crippen molar-refractivity contribution in [2.75, 3.05) is 5.75 Å². The van der Waals surface area contributed by atoms with Crippen LogP contribution in [0.1, 0.15) is 13.8 Å². The molecule has 1 N–H and O–H groups in total. The Morgan fingerprint density at radius 1 is 1.21 bits per heavy atom. The third-order valence-corrected chi connectivity index (χ3v) is 4.74. The van der Waals surface area contributed by atoms with Crippen molar-refractivity contribution in [3.8, 4) is 0 Å². The molecule has 7 heteroatoms. The molecule has 0 spiro atoms. The maximum absolute atomic E-state index is 12.0. The van der Waals surface area contributed by atoms with Crippen molar-refractivity contribution >= 4 is 20.7 Å². The summed E-state index contributed by atoms with van der Waals surface area (Å²) in [5.41, 5.74) is -0.707. The van der Waals surface area contributed by atoms with Gasteiger partial charge in [-0.05, 0) is 25.1 Å². The lowest BCUT2D eigenvalue weighted by atomic mass is 10.2. The average molecular weight is 282 g/mol. The van der Waals surface area contributed by atoms with E-state index in [1.165, 1.54) is 25.1 Å². The number of sulfone groups is 1. The van der Waals surface area contributed by atoms with E-state index >= 15 is 0 Å². The summed E-state index contributed by atoms with van der Waals surface area (Å²) >= 11 is 0. The van der Waals surface area contributed by atoms with E-state index in [1.54, 1.807) is 6.92 Å². The summed E-state index contributed by atoms with van der Waals surface area (Å²) in [6, 6.07) is 4.15. The van der Waals surface area contributed by atoms with Crippen LogP contribution in [-0.4, -0.2) is 23.7 Å². The fourth-order valence-corrected chi connectivity index (χ4v) is 2.79. The van der Waals surface area contributed by atoms with Gasteiger partial charge in [0.15, 0.2) is 9.84 Å². The number of rotatable bonds is 3. The van der Waals surface area contributed by atoms with Gasteiger partial charge in [0.25, 0.3) is 5.56 Å². The molecule has 1 heterocycles. The van der Waals surface area contributed by atoms with Crippen LogP contribution in [0, 0.1) is 0 Å². The predicted molar refractivity (Wildman–Crippen MR) is 72.2 cm³/mol. The van der Waals surface area contributed by atoms with E-state index in [9.17, 15) is 18.0 Å². The third kappa shape index (κ3) is 2.21. The van der Waals surface area contributed by atoms with Crippen molar-refractivity contribution in [1.82, 2.24) is 9.55 Å². The summed E-state index contributed by atoms with van der Waals surface area (Å²) < 4.78 is 24.6. The van der Waals surface area contributed by atoms with Gasteiger partial charge in [0, 0.05) is 6.54 Å². The van der Waals surface area contributed by atoms with Crippen molar-refractivity contribution in [1.29, 1.82) is 0 Å². The first kappa shape index (κ1) is 13.5. The molecule has 0 radical (unpaired) electrons. The van der Waals surface area contributed by atoms with E-state index in [2.05, 4.69) is 4.98 Å². The zero-order valence-electron chi connectivity index (χ0n) is 10.6. The van der Waals surface area contributed by atoms with Crippen molar-refractivity contribution in [3.05, 3.63) is 39.0 Å². The highest BCUT2D eigenvalue weighted by Gasteiger charge is 2.14. The summed E-state index contributed by atoms with van der Waals surface area (Å²) in [5.74, 6) is -0.0330. The highest BCUT2D eigenvalue weighted by Crippen LogP contribution is 2.15. The second-order valence-corrected chi connectivity index (χ2v) is 6.37. The molecule has 0 aliphatic rings. The molecule has 0 atom stereocenters. The van der Waals surface area contributed by atoms with Gasteiger partial charge in [0.2, 0.25) is 0 Å². The molecule has 2 aromatic rings. The number of fused-ring (bicyclic) bond motifs is 1. The predicted octanol–water partition coefficient (Wildman–Crippen LogP) is 0.503. The van der Waals surface area contributed by atoms with Crippen LogP contribution in [0.5, 0.6) is 0 Å². The summed E-state index contributed by atoms with van der Waals surface area (Å²) in [6.45, 7) is 3.49. The Morgan fingerprint density at radius 3 is 2.47 bits per heavy atom. The molecule has 0 fully saturated rings. The number of hydrogen-bond donors (Lipinski definition) is 1. The lowest BCUT2D eigenvalue weighted by Gasteiger charge is -2.05. The summed E-state index contributed by atoms with van der Waals surface area (Å²) in [4.78, 5) is 26.3. The molecular formula is C12H14N2O4S. The minimum Gasteiger partial charge on any atom is -0.307 e. The second kappa shape index (κ2) is 4.65. The van der Waals surface area contributed by atoms with Crippen LogP contribution in [0.4, 0.5) is 0 Å². The SMILES string of the molecule is CCn1c(=O)[nH]c2cc(S(=O)(=O)CC)ccc2c1=O. The lowest BCUT2D eigenvalue weighted by molar-refractivity contribution is 0.597. The highest BCUT2D eigenvalue weighted by atomic mass is 32.2. The molecule has 2 rings (SSSR count). The van der Waals surface area contributed by atoms with E-state index < -0.39 is 21.1 Å². The third-order valence-electron chi connectivity index (χ3n) is 3.01. The quantitative estimate of drug-likeness (QED) is 0.888. The van der Waals surface area contributed by atoms with Gasteiger partial charge in [-0.2, -0.15) is 0 Å². The zero-order chi connectivity index (χ0) is 14.2. The number of aromatic amines is 1. The molecule has 1 aromatic heterocycles. The number of aromatic nitrogens is 2. The largest absolute Gasteiger partial charge is 0.328 e. The van der Waals surface area contributed by atoms with E-state index in [0.29, 0.717) is 5.39 Å². The van der Waals surface area contributed by atoms with Crippen molar-refractivity contribution in [2.24, 2.45) is 0 Å². The molecule has 0 amide bonds. The first-order valence-electron chi connectivity index (χ1n) is 5.90. The molecule has 1 aromatic carbocycles. The van der Waals surface area contributed by atoms with E-state index in [4.69, 9.17) is 0 Å². The Balaban J connectivity index is 2.84. The number of nitrogens with one attached hydrogen (secondary N) is 1. The first-order chi connectivity index (χ1) is 8.90. The van der Waals surface area contributed by atoms with Gasteiger partial charge in [-0.25, -0.2) is 13.2 Å². The Labute approximate surface area is 109 Å². The summed E-state index contributed by atoms with van der Waals surface area (Å²) in [6.07, 6.45) is 0. The minimum absolute atomic E-state index is 0.0330. The van der Waals surface area contributed by atoms with Crippen LogP contribution < -0.4 is 11.2 Å². The molecule has 0 bridgehead atoms. The van der Waals surface area contributed by atoms with E-state index in [-0.39, 0.29) is 22.7 Å². The van der Waals surface area contributed by atoms with Crippen molar-refractivity contribution in [2.45, 2.75) is 25.3 Å². The van der Waals surface area contributed by atoms with Crippen molar-refractivity contribution < 1.29 is 8.42 Å². The Morgan fingerprint density at radius 2 is 1.89 bits per heavy atom. The summed E-state index contributed by atoms with van der Waals surface area (Å²) in [5, 5.41) is 0.302. The van der Waals surface area contributed by atoms with Crippen molar-refractivity contribution in [3.63, 3.8) is 0 Å². The fourth-order valence-electron chi connectivity index (χ4n) is 1.88. The van der Waals surface area contributed by atoms with Crippen LogP contribution >= 0.6 is 0 Å². The van der Waals surface area contributed by atoms with Crippen LogP contribution in [0.15, 0.2) is 32.7 Å². The van der Waals surface area contributed by atoms with Gasteiger partial charge in [-0.1, -0.05) is 6.92 Å². The van der Waals surface area contributed by atoms with Gasteiger partial charge in [-0.15, -0.1) is 0 Å². The number of nitrogens with zero attached hydrogens (tertiary/aromatic N) is 1. The molecule has 6 nitrogen and oxygen atoms in total. The van der Waals surface area contributed by atoms with Crippen LogP contribution in [-0.2, 0) is 16.4 Å². The second-order valence-electron chi connectivity index (χ2n) is 4.09. The van der Waals surface area contributed by atoms with Gasteiger partial charge < -0.3 is 4.98 Å². The maximum Gasteiger partial charge on any atom is 0.328 e. The zero-order valence-corrected chi connectivity index (χ0v) is 11.5. The number of benzene rings is 1. The topological polar surface area (TPSA) is 89.0 Å².